The second kappa shape index (κ2) is 10.1. The van der Waals surface area contributed by atoms with Crippen LogP contribution in [-0.4, -0.2) is 0 Å². The highest BCUT2D eigenvalue weighted by Gasteiger charge is 2.02. The SMILES string of the molecule is CC.CC(C)c1ccccc1F.Cc1ccc(F)cc1. The first-order chi connectivity index (χ1) is 9.50. The van der Waals surface area contributed by atoms with Gasteiger partial charge in [0.05, 0.1) is 0 Å². The summed E-state index contributed by atoms with van der Waals surface area (Å²) in [6, 6.07) is 13.3. The van der Waals surface area contributed by atoms with Gasteiger partial charge in [0, 0.05) is 0 Å². The molecule has 2 rings (SSSR count). The summed E-state index contributed by atoms with van der Waals surface area (Å²) in [7, 11) is 0. The van der Waals surface area contributed by atoms with Crippen LogP contribution in [-0.2, 0) is 0 Å². The van der Waals surface area contributed by atoms with E-state index in [0.29, 0.717) is 0 Å². The van der Waals surface area contributed by atoms with Gasteiger partial charge in [-0.3, -0.25) is 0 Å². The van der Waals surface area contributed by atoms with Crippen molar-refractivity contribution in [2.75, 3.05) is 0 Å². The molecule has 0 aliphatic heterocycles. The first-order valence-corrected chi connectivity index (χ1v) is 6.97. The van der Waals surface area contributed by atoms with Gasteiger partial charge < -0.3 is 0 Å². The molecule has 0 bridgehead atoms. The van der Waals surface area contributed by atoms with E-state index in [4.69, 9.17) is 0 Å². The van der Waals surface area contributed by atoms with E-state index in [1.165, 1.54) is 18.2 Å². The van der Waals surface area contributed by atoms with Crippen LogP contribution in [0.2, 0.25) is 0 Å². The van der Waals surface area contributed by atoms with E-state index in [9.17, 15) is 8.78 Å². The summed E-state index contributed by atoms with van der Waals surface area (Å²) >= 11 is 0. The van der Waals surface area contributed by atoms with E-state index in [1.807, 2.05) is 46.8 Å². The third kappa shape index (κ3) is 7.03. The van der Waals surface area contributed by atoms with Gasteiger partial charge in [0.1, 0.15) is 11.6 Å². The van der Waals surface area contributed by atoms with Crippen LogP contribution in [0.1, 0.15) is 44.7 Å². The summed E-state index contributed by atoms with van der Waals surface area (Å²) < 4.78 is 24.9. The molecule has 2 aromatic carbocycles. The Bertz CT molecular complexity index is 452. The zero-order valence-corrected chi connectivity index (χ0v) is 13.0. The van der Waals surface area contributed by atoms with Crippen molar-refractivity contribution in [3.8, 4) is 0 Å². The Kier molecular flexibility index (Phi) is 9.27. The standard InChI is InChI=1S/C9H11F.C7H7F.C2H6/c1-7(2)8-5-3-4-6-9(8)10;1-6-2-4-7(8)5-3-6;1-2/h3-7H,1-2H3;2-5H,1H3;1-2H3. The molecule has 0 aliphatic rings. The summed E-state index contributed by atoms with van der Waals surface area (Å²) in [4.78, 5) is 0. The van der Waals surface area contributed by atoms with Gasteiger partial charge in [-0.2, -0.15) is 0 Å². The summed E-state index contributed by atoms with van der Waals surface area (Å²) in [5.41, 5.74) is 1.88. The molecule has 0 unspecified atom stereocenters. The van der Waals surface area contributed by atoms with Gasteiger partial charge in [-0.05, 0) is 36.6 Å². The zero-order valence-electron chi connectivity index (χ0n) is 13.0. The van der Waals surface area contributed by atoms with E-state index in [1.54, 1.807) is 18.2 Å². The highest BCUT2D eigenvalue weighted by atomic mass is 19.1. The summed E-state index contributed by atoms with van der Waals surface area (Å²) in [5.74, 6) is 0.00861. The predicted molar refractivity (Wildman–Crippen MR) is 83.0 cm³/mol. The average Bonchev–Trinajstić information content (AvgIpc) is 2.45. The van der Waals surface area contributed by atoms with Gasteiger partial charge in [0.25, 0.3) is 0 Å². The fourth-order valence-corrected chi connectivity index (χ4v) is 1.48. The number of halogens is 2. The normalized spacial score (nSPS) is 9.20. The number of hydrogen-bond acceptors (Lipinski definition) is 0. The Hall–Kier alpha value is -1.70. The van der Waals surface area contributed by atoms with Gasteiger partial charge in [0.15, 0.2) is 0 Å². The lowest BCUT2D eigenvalue weighted by Crippen LogP contribution is -1.90. The first-order valence-electron chi connectivity index (χ1n) is 6.97. The smallest absolute Gasteiger partial charge is 0.126 e. The fraction of sp³-hybridized carbons (Fsp3) is 0.333. The van der Waals surface area contributed by atoms with Crippen LogP contribution in [0.5, 0.6) is 0 Å². The molecule has 0 nitrogen and oxygen atoms in total. The minimum atomic E-state index is -0.171. The first kappa shape index (κ1) is 18.3. The van der Waals surface area contributed by atoms with Crippen LogP contribution in [0, 0.1) is 18.6 Å². The van der Waals surface area contributed by atoms with E-state index in [-0.39, 0.29) is 17.6 Å². The van der Waals surface area contributed by atoms with Gasteiger partial charge in [0.2, 0.25) is 0 Å². The van der Waals surface area contributed by atoms with Crippen molar-refractivity contribution in [2.24, 2.45) is 0 Å². The Balaban J connectivity index is 0.000000327. The predicted octanol–water partition coefficient (Wildman–Crippen LogP) is 6.11. The van der Waals surface area contributed by atoms with Crippen molar-refractivity contribution in [2.45, 2.75) is 40.5 Å². The van der Waals surface area contributed by atoms with E-state index in [2.05, 4.69) is 0 Å². The molecular formula is C18H24F2. The molecule has 0 saturated heterocycles. The molecule has 0 heterocycles. The monoisotopic (exact) mass is 278 g/mol. The Labute approximate surface area is 121 Å². The fourth-order valence-electron chi connectivity index (χ4n) is 1.48. The van der Waals surface area contributed by atoms with Gasteiger partial charge in [-0.15, -0.1) is 0 Å². The molecule has 0 spiro atoms. The molecule has 0 saturated carbocycles. The topological polar surface area (TPSA) is 0 Å². The maximum Gasteiger partial charge on any atom is 0.126 e. The van der Waals surface area contributed by atoms with Crippen LogP contribution in [0.4, 0.5) is 8.78 Å². The second-order valence-corrected chi connectivity index (χ2v) is 4.47. The van der Waals surface area contributed by atoms with Gasteiger partial charge in [-0.1, -0.05) is 63.6 Å². The van der Waals surface area contributed by atoms with Crippen LogP contribution in [0.15, 0.2) is 48.5 Å². The van der Waals surface area contributed by atoms with Crippen molar-refractivity contribution in [1.29, 1.82) is 0 Å². The minimum absolute atomic E-state index is 0.0995. The van der Waals surface area contributed by atoms with Crippen LogP contribution >= 0.6 is 0 Å². The van der Waals surface area contributed by atoms with Gasteiger partial charge >= 0.3 is 0 Å². The number of aryl methyl sites for hydroxylation is 1. The Morgan fingerprint density at radius 1 is 0.800 bits per heavy atom. The quantitative estimate of drug-likeness (QED) is 0.590. The highest BCUT2D eigenvalue weighted by Crippen LogP contribution is 2.16. The number of hydrogen-bond donors (Lipinski definition) is 0. The lowest BCUT2D eigenvalue weighted by molar-refractivity contribution is 0.598. The molecule has 0 N–H and O–H groups in total. The lowest BCUT2D eigenvalue weighted by atomic mass is 10.0. The van der Waals surface area contributed by atoms with Crippen molar-refractivity contribution in [3.63, 3.8) is 0 Å². The molecule has 20 heavy (non-hydrogen) atoms. The Morgan fingerprint density at radius 3 is 1.65 bits per heavy atom. The minimum Gasteiger partial charge on any atom is -0.207 e. The summed E-state index contributed by atoms with van der Waals surface area (Å²) in [6.07, 6.45) is 0. The van der Waals surface area contributed by atoms with E-state index < -0.39 is 0 Å². The average molecular weight is 278 g/mol. The summed E-state index contributed by atoms with van der Waals surface area (Å²) in [5, 5.41) is 0. The largest absolute Gasteiger partial charge is 0.207 e. The third-order valence-corrected chi connectivity index (χ3v) is 2.54. The molecule has 0 atom stereocenters. The molecule has 2 heteroatoms. The zero-order chi connectivity index (χ0) is 15.5. The number of benzene rings is 2. The van der Waals surface area contributed by atoms with Crippen molar-refractivity contribution in [3.05, 3.63) is 71.3 Å². The van der Waals surface area contributed by atoms with Crippen molar-refractivity contribution in [1.82, 2.24) is 0 Å². The molecule has 2 aromatic rings. The lowest BCUT2D eigenvalue weighted by Gasteiger charge is -2.04. The third-order valence-electron chi connectivity index (χ3n) is 2.54. The highest BCUT2D eigenvalue weighted by molar-refractivity contribution is 5.20. The molecule has 0 amide bonds. The summed E-state index contributed by atoms with van der Waals surface area (Å²) in [6.45, 7) is 9.90. The maximum atomic E-state index is 12.8. The molecule has 0 aromatic heterocycles. The van der Waals surface area contributed by atoms with E-state index >= 15 is 0 Å². The molecular weight excluding hydrogens is 254 g/mol. The van der Waals surface area contributed by atoms with Crippen LogP contribution < -0.4 is 0 Å². The molecule has 0 aliphatic carbocycles. The maximum absolute atomic E-state index is 12.8. The van der Waals surface area contributed by atoms with Crippen molar-refractivity contribution < 1.29 is 8.78 Å². The molecule has 0 radical (unpaired) electrons. The van der Waals surface area contributed by atoms with Crippen LogP contribution in [0.3, 0.4) is 0 Å². The van der Waals surface area contributed by atoms with Crippen molar-refractivity contribution >= 4 is 0 Å². The van der Waals surface area contributed by atoms with Crippen LogP contribution in [0.25, 0.3) is 0 Å². The molecule has 0 fully saturated rings. The van der Waals surface area contributed by atoms with E-state index in [0.717, 1.165) is 11.1 Å². The Morgan fingerprint density at radius 2 is 1.30 bits per heavy atom. The number of rotatable bonds is 1. The van der Waals surface area contributed by atoms with Gasteiger partial charge in [-0.25, -0.2) is 8.78 Å². The molecule has 110 valence electrons. The second-order valence-electron chi connectivity index (χ2n) is 4.47.